The summed E-state index contributed by atoms with van der Waals surface area (Å²) in [5.41, 5.74) is 1.10. The lowest BCUT2D eigenvalue weighted by Crippen LogP contribution is -2.48. The van der Waals surface area contributed by atoms with E-state index >= 15 is 0 Å². The minimum absolute atomic E-state index is 0.0289. The number of methoxy groups -OCH3 is 1. The van der Waals surface area contributed by atoms with Gasteiger partial charge in [-0.15, -0.1) is 0 Å². The topological polar surface area (TPSA) is 60.8 Å². The zero-order chi connectivity index (χ0) is 17.7. The second-order valence-electron chi connectivity index (χ2n) is 6.66. The van der Waals surface area contributed by atoms with Crippen LogP contribution < -0.4 is 4.74 Å². The highest BCUT2D eigenvalue weighted by Crippen LogP contribution is 2.35. The first-order chi connectivity index (χ1) is 11.4. The molecule has 1 heterocycles. The summed E-state index contributed by atoms with van der Waals surface area (Å²) in [6.07, 6.45) is -0.401. The number of nitrogens with one attached hydrogen (secondary N) is 1. The molecule has 3 unspecified atom stereocenters. The van der Waals surface area contributed by atoms with Crippen molar-refractivity contribution >= 4 is 5.90 Å². The van der Waals surface area contributed by atoms with E-state index in [1.807, 2.05) is 24.3 Å². The fourth-order valence-electron chi connectivity index (χ4n) is 3.00. The van der Waals surface area contributed by atoms with Gasteiger partial charge in [0.15, 0.2) is 5.90 Å². The van der Waals surface area contributed by atoms with Crippen molar-refractivity contribution in [3.63, 3.8) is 0 Å². The predicted molar refractivity (Wildman–Crippen MR) is 93.3 cm³/mol. The summed E-state index contributed by atoms with van der Waals surface area (Å²) in [4.78, 5) is 0. The van der Waals surface area contributed by atoms with E-state index in [4.69, 9.17) is 24.4 Å². The van der Waals surface area contributed by atoms with Crippen molar-refractivity contribution in [2.45, 2.75) is 46.7 Å². The Morgan fingerprint density at radius 3 is 2.33 bits per heavy atom. The second kappa shape index (κ2) is 8.49. The highest BCUT2D eigenvalue weighted by molar-refractivity contribution is 5.69. The molecule has 1 saturated heterocycles. The highest BCUT2D eigenvalue weighted by Gasteiger charge is 2.40. The van der Waals surface area contributed by atoms with Crippen molar-refractivity contribution in [3.05, 3.63) is 29.8 Å². The lowest BCUT2D eigenvalue weighted by molar-refractivity contribution is -0.229. The third kappa shape index (κ3) is 4.71. The maximum absolute atomic E-state index is 7.54. The van der Waals surface area contributed by atoms with Crippen molar-refractivity contribution in [1.29, 1.82) is 5.41 Å². The van der Waals surface area contributed by atoms with Crippen LogP contribution >= 0.6 is 0 Å². The normalized spacial score (nSPS) is 30.0. The van der Waals surface area contributed by atoms with Crippen molar-refractivity contribution in [2.75, 3.05) is 13.7 Å². The number of ether oxygens (including phenoxy) is 4. The van der Waals surface area contributed by atoms with Gasteiger partial charge in [-0.25, -0.2) is 0 Å². The van der Waals surface area contributed by atoms with E-state index < -0.39 is 0 Å². The van der Waals surface area contributed by atoms with Crippen LogP contribution in [0.2, 0.25) is 0 Å². The molecule has 1 N–H and O–H groups in total. The molecule has 5 nitrogen and oxygen atoms in total. The maximum Gasteiger partial charge on any atom is 0.204 e. The Hall–Kier alpha value is -1.59. The molecule has 0 aliphatic carbocycles. The van der Waals surface area contributed by atoms with Crippen molar-refractivity contribution in [2.24, 2.45) is 17.8 Å². The fraction of sp³-hybridized carbons (Fsp3) is 0.632. The van der Waals surface area contributed by atoms with Gasteiger partial charge >= 0.3 is 0 Å². The summed E-state index contributed by atoms with van der Waals surface area (Å²) in [6, 6.07) is 7.86. The van der Waals surface area contributed by atoms with Crippen LogP contribution in [0.15, 0.2) is 24.3 Å². The molecule has 1 aliphatic rings. The van der Waals surface area contributed by atoms with Gasteiger partial charge in [0.25, 0.3) is 0 Å². The van der Waals surface area contributed by atoms with Crippen LogP contribution in [-0.2, 0) is 20.8 Å². The third-order valence-corrected chi connectivity index (χ3v) is 4.99. The summed E-state index contributed by atoms with van der Waals surface area (Å²) in [5, 5.41) is 7.54. The van der Waals surface area contributed by atoms with Crippen LogP contribution in [-0.4, -0.2) is 32.0 Å². The van der Waals surface area contributed by atoms with Gasteiger partial charge in [0.1, 0.15) is 5.75 Å². The highest BCUT2D eigenvalue weighted by atomic mass is 16.7. The lowest BCUT2D eigenvalue weighted by Gasteiger charge is -2.43. The zero-order valence-electron chi connectivity index (χ0n) is 15.2. The molecular weight excluding hydrogens is 306 g/mol. The standard InChI is InChI=1S/C19H29NO4/c1-12-13(2)18(24-19(14(12)3)23-15(4)20)11-22-10-16-6-8-17(21-5)9-7-16/h6-9,12-14,18-20H,10-11H2,1-5H3/t12-,13-,14?,18?,19?/m0/s1. The van der Waals surface area contributed by atoms with E-state index in [0.29, 0.717) is 25.0 Å². The van der Waals surface area contributed by atoms with Crippen LogP contribution in [0.4, 0.5) is 0 Å². The molecule has 134 valence electrons. The second-order valence-corrected chi connectivity index (χ2v) is 6.66. The molecule has 2 rings (SSSR count). The van der Waals surface area contributed by atoms with E-state index in [1.165, 1.54) is 0 Å². The third-order valence-electron chi connectivity index (χ3n) is 4.99. The predicted octanol–water partition coefficient (Wildman–Crippen LogP) is 3.86. The summed E-state index contributed by atoms with van der Waals surface area (Å²) in [6.45, 7) is 9.20. The van der Waals surface area contributed by atoms with E-state index in [2.05, 4.69) is 20.8 Å². The number of hydrogen-bond acceptors (Lipinski definition) is 5. The van der Waals surface area contributed by atoms with Crippen LogP contribution in [0.1, 0.15) is 33.3 Å². The molecule has 5 atom stereocenters. The van der Waals surface area contributed by atoms with Crippen LogP contribution in [0.3, 0.4) is 0 Å². The van der Waals surface area contributed by atoms with Gasteiger partial charge in [0.05, 0.1) is 26.4 Å². The molecule has 5 heteroatoms. The smallest absolute Gasteiger partial charge is 0.204 e. The van der Waals surface area contributed by atoms with E-state index in [1.54, 1.807) is 14.0 Å². The molecule has 0 saturated carbocycles. The molecule has 1 aromatic carbocycles. The first-order valence-electron chi connectivity index (χ1n) is 8.50. The Kier molecular flexibility index (Phi) is 6.63. The number of benzene rings is 1. The summed E-state index contributed by atoms with van der Waals surface area (Å²) in [5.74, 6) is 2.09. The fourth-order valence-corrected chi connectivity index (χ4v) is 3.00. The Labute approximate surface area is 144 Å². The Morgan fingerprint density at radius 2 is 1.75 bits per heavy atom. The molecular formula is C19H29NO4. The Bertz CT molecular complexity index is 531. The molecule has 0 spiro atoms. The summed E-state index contributed by atoms with van der Waals surface area (Å²) in [7, 11) is 1.66. The SMILES string of the molecule is COc1ccc(COCC2OC(OC(C)=N)C(C)[C@@H](C)[C@@H]2C)cc1. The first kappa shape index (κ1) is 18.7. The van der Waals surface area contributed by atoms with E-state index in [-0.39, 0.29) is 24.2 Å². The molecule has 0 radical (unpaired) electrons. The Morgan fingerprint density at radius 1 is 1.08 bits per heavy atom. The number of rotatable bonds is 6. The van der Waals surface area contributed by atoms with E-state index in [9.17, 15) is 0 Å². The van der Waals surface area contributed by atoms with Gasteiger partial charge < -0.3 is 18.9 Å². The van der Waals surface area contributed by atoms with Crippen LogP contribution in [0.25, 0.3) is 0 Å². The Balaban J connectivity index is 1.88. The molecule has 24 heavy (non-hydrogen) atoms. The molecule has 0 bridgehead atoms. The summed E-state index contributed by atoms with van der Waals surface area (Å²) >= 11 is 0. The molecule has 0 amide bonds. The minimum atomic E-state index is -0.372. The van der Waals surface area contributed by atoms with Crippen LogP contribution in [0, 0.1) is 23.2 Å². The van der Waals surface area contributed by atoms with Crippen molar-refractivity contribution in [3.8, 4) is 5.75 Å². The monoisotopic (exact) mass is 335 g/mol. The van der Waals surface area contributed by atoms with Gasteiger partial charge in [-0.2, -0.15) is 0 Å². The van der Waals surface area contributed by atoms with Crippen molar-refractivity contribution in [1.82, 2.24) is 0 Å². The van der Waals surface area contributed by atoms with E-state index in [0.717, 1.165) is 11.3 Å². The van der Waals surface area contributed by atoms with Crippen LogP contribution in [0.5, 0.6) is 5.75 Å². The average molecular weight is 335 g/mol. The van der Waals surface area contributed by atoms with Gasteiger partial charge in [-0.3, -0.25) is 5.41 Å². The zero-order valence-corrected chi connectivity index (χ0v) is 15.2. The van der Waals surface area contributed by atoms with Gasteiger partial charge in [0.2, 0.25) is 6.29 Å². The molecule has 1 aliphatic heterocycles. The number of hydrogen-bond donors (Lipinski definition) is 1. The maximum atomic E-state index is 7.54. The lowest BCUT2D eigenvalue weighted by atomic mass is 9.79. The average Bonchev–Trinajstić information content (AvgIpc) is 2.57. The van der Waals surface area contributed by atoms with Crippen molar-refractivity contribution < 1.29 is 18.9 Å². The molecule has 0 aromatic heterocycles. The van der Waals surface area contributed by atoms with Gasteiger partial charge in [0, 0.05) is 12.8 Å². The molecule has 1 fully saturated rings. The quantitative estimate of drug-likeness (QED) is 0.633. The largest absolute Gasteiger partial charge is 0.497 e. The minimum Gasteiger partial charge on any atom is -0.497 e. The summed E-state index contributed by atoms with van der Waals surface area (Å²) < 4.78 is 22.6. The molecule has 1 aromatic rings. The van der Waals surface area contributed by atoms with Gasteiger partial charge in [-0.05, 0) is 29.5 Å². The van der Waals surface area contributed by atoms with Gasteiger partial charge in [-0.1, -0.05) is 32.9 Å². The first-order valence-corrected chi connectivity index (χ1v) is 8.50.